The van der Waals surface area contributed by atoms with E-state index in [2.05, 4.69) is 12.2 Å². The van der Waals surface area contributed by atoms with Crippen molar-refractivity contribution in [3.05, 3.63) is 58.1 Å². The fourth-order valence-electron chi connectivity index (χ4n) is 3.00. The molecule has 0 heterocycles. The van der Waals surface area contributed by atoms with E-state index < -0.39 is 5.91 Å². The van der Waals surface area contributed by atoms with Crippen LogP contribution >= 0.6 is 11.6 Å². The number of rotatable bonds is 11. The number of amides is 1. The molecule has 0 aliphatic heterocycles. The van der Waals surface area contributed by atoms with Crippen LogP contribution in [0.3, 0.4) is 0 Å². The van der Waals surface area contributed by atoms with Gasteiger partial charge in [-0.25, -0.2) is 0 Å². The number of ether oxygens (including phenoxy) is 2. The van der Waals surface area contributed by atoms with Crippen LogP contribution in [-0.2, 0) is 4.79 Å². The van der Waals surface area contributed by atoms with Crippen LogP contribution in [0.1, 0.15) is 50.7 Å². The minimum atomic E-state index is -0.484. The Kier molecular flexibility index (Phi) is 9.93. The summed E-state index contributed by atoms with van der Waals surface area (Å²) in [6.45, 7) is 6.91. The summed E-state index contributed by atoms with van der Waals surface area (Å²) in [5.41, 5.74) is 2.13. The second-order valence-corrected chi connectivity index (χ2v) is 7.52. The van der Waals surface area contributed by atoms with Gasteiger partial charge in [-0.05, 0) is 55.7 Å². The molecule has 1 amide bonds. The average Bonchev–Trinajstić information content (AvgIpc) is 2.75. The Balaban J connectivity index is 2.23. The van der Waals surface area contributed by atoms with Crippen molar-refractivity contribution in [1.29, 1.82) is 5.26 Å². The Labute approximate surface area is 189 Å². The van der Waals surface area contributed by atoms with Gasteiger partial charge in [0.05, 0.1) is 18.2 Å². The first kappa shape index (κ1) is 24.3. The number of benzene rings is 2. The van der Waals surface area contributed by atoms with Crippen LogP contribution in [0.15, 0.2) is 42.0 Å². The number of para-hydroxylation sites is 1. The van der Waals surface area contributed by atoms with Gasteiger partial charge in [0, 0.05) is 5.69 Å². The molecule has 2 rings (SSSR count). The maximum atomic E-state index is 12.6. The molecule has 0 saturated carbocycles. The third-order valence-corrected chi connectivity index (χ3v) is 4.93. The summed E-state index contributed by atoms with van der Waals surface area (Å²) in [6, 6.07) is 12.8. The van der Waals surface area contributed by atoms with Crippen LogP contribution < -0.4 is 14.8 Å². The molecule has 0 fully saturated rings. The van der Waals surface area contributed by atoms with Gasteiger partial charge in [0.1, 0.15) is 11.6 Å². The molecule has 2 aromatic rings. The summed E-state index contributed by atoms with van der Waals surface area (Å²) in [6.07, 6.45) is 5.85. The molecule has 5 nitrogen and oxygen atoms in total. The van der Waals surface area contributed by atoms with E-state index in [1.54, 1.807) is 18.2 Å². The van der Waals surface area contributed by atoms with Crippen molar-refractivity contribution in [2.45, 2.75) is 46.5 Å². The monoisotopic (exact) mass is 440 g/mol. The van der Waals surface area contributed by atoms with Crippen molar-refractivity contribution >= 4 is 29.3 Å². The zero-order valence-corrected chi connectivity index (χ0v) is 19.1. The highest BCUT2D eigenvalue weighted by Gasteiger charge is 2.15. The number of carbonyl (C=O) groups excluding carboxylic acids is 1. The van der Waals surface area contributed by atoms with Gasteiger partial charge >= 0.3 is 0 Å². The van der Waals surface area contributed by atoms with Crippen LogP contribution in [0.4, 0.5) is 5.69 Å². The highest BCUT2D eigenvalue weighted by atomic mass is 35.5. The minimum absolute atomic E-state index is 0.0324. The fourth-order valence-corrected chi connectivity index (χ4v) is 3.27. The van der Waals surface area contributed by atoms with Crippen LogP contribution in [-0.4, -0.2) is 19.1 Å². The molecule has 0 radical (unpaired) electrons. The summed E-state index contributed by atoms with van der Waals surface area (Å²) in [7, 11) is 0. The van der Waals surface area contributed by atoms with Gasteiger partial charge in [0.15, 0.2) is 11.5 Å². The summed E-state index contributed by atoms with van der Waals surface area (Å²) in [5.74, 6) is 0.496. The lowest BCUT2D eigenvalue weighted by molar-refractivity contribution is -0.112. The largest absolute Gasteiger partial charge is 0.490 e. The second kappa shape index (κ2) is 12.7. The number of carbonyl (C=O) groups is 1. The lowest BCUT2D eigenvalue weighted by atomic mass is 10.1. The van der Waals surface area contributed by atoms with Crippen molar-refractivity contribution in [2.75, 3.05) is 18.5 Å². The first-order valence-electron chi connectivity index (χ1n) is 10.6. The molecule has 0 atom stereocenters. The Morgan fingerprint density at radius 3 is 2.61 bits per heavy atom. The zero-order valence-electron chi connectivity index (χ0n) is 18.3. The number of nitriles is 1. The van der Waals surface area contributed by atoms with Gasteiger partial charge in [0.25, 0.3) is 5.91 Å². The van der Waals surface area contributed by atoms with Gasteiger partial charge in [0.2, 0.25) is 0 Å². The highest BCUT2D eigenvalue weighted by Crippen LogP contribution is 2.37. The molecule has 164 valence electrons. The number of nitrogens with zero attached hydrogens (tertiary/aromatic N) is 1. The third kappa shape index (κ3) is 7.34. The SMILES string of the molecule is CCCCCCOc1c(Cl)cc(C=C(C#N)C(=O)Nc2ccccc2C)cc1OCC. The van der Waals surface area contributed by atoms with E-state index in [1.165, 1.54) is 12.5 Å². The summed E-state index contributed by atoms with van der Waals surface area (Å²) < 4.78 is 11.6. The van der Waals surface area contributed by atoms with Gasteiger partial charge < -0.3 is 14.8 Å². The van der Waals surface area contributed by atoms with E-state index in [1.807, 2.05) is 38.1 Å². The minimum Gasteiger partial charge on any atom is -0.490 e. The predicted molar refractivity (Wildman–Crippen MR) is 126 cm³/mol. The number of unbranched alkanes of at least 4 members (excludes halogenated alkanes) is 3. The van der Waals surface area contributed by atoms with E-state index in [0.29, 0.717) is 41.0 Å². The Hall–Kier alpha value is -2.97. The Morgan fingerprint density at radius 2 is 1.94 bits per heavy atom. The van der Waals surface area contributed by atoms with Gasteiger partial charge in [-0.1, -0.05) is 56.0 Å². The van der Waals surface area contributed by atoms with E-state index in [0.717, 1.165) is 24.8 Å². The van der Waals surface area contributed by atoms with Crippen molar-refractivity contribution in [3.63, 3.8) is 0 Å². The summed E-state index contributed by atoms with van der Waals surface area (Å²) >= 11 is 6.45. The number of halogens is 1. The molecule has 0 aliphatic rings. The van der Waals surface area contributed by atoms with Gasteiger partial charge in [-0.2, -0.15) is 5.26 Å². The van der Waals surface area contributed by atoms with Crippen LogP contribution in [0.5, 0.6) is 11.5 Å². The van der Waals surface area contributed by atoms with Crippen molar-refractivity contribution in [2.24, 2.45) is 0 Å². The molecule has 0 aromatic heterocycles. The molecule has 1 N–H and O–H groups in total. The molecule has 31 heavy (non-hydrogen) atoms. The molecule has 2 aromatic carbocycles. The molecule has 0 aliphatic carbocycles. The maximum absolute atomic E-state index is 12.6. The zero-order chi connectivity index (χ0) is 22.6. The summed E-state index contributed by atoms with van der Waals surface area (Å²) in [4.78, 5) is 12.6. The molecule has 6 heteroatoms. The van der Waals surface area contributed by atoms with Crippen LogP contribution in [0, 0.1) is 18.3 Å². The Bertz CT molecular complexity index is 964. The van der Waals surface area contributed by atoms with Gasteiger partial charge in [-0.3, -0.25) is 4.79 Å². The number of nitrogens with one attached hydrogen (secondary N) is 1. The lowest BCUT2D eigenvalue weighted by Gasteiger charge is -2.14. The highest BCUT2D eigenvalue weighted by molar-refractivity contribution is 6.32. The molecule has 0 bridgehead atoms. The number of aryl methyl sites for hydroxylation is 1. The van der Waals surface area contributed by atoms with Crippen molar-refractivity contribution < 1.29 is 14.3 Å². The second-order valence-electron chi connectivity index (χ2n) is 7.11. The molecule has 0 spiro atoms. The van der Waals surface area contributed by atoms with Gasteiger partial charge in [-0.15, -0.1) is 0 Å². The molecule has 0 unspecified atom stereocenters. The van der Waals surface area contributed by atoms with E-state index in [4.69, 9.17) is 21.1 Å². The normalized spacial score (nSPS) is 11.0. The molecular formula is C25H29ClN2O3. The van der Waals surface area contributed by atoms with E-state index in [9.17, 15) is 10.1 Å². The maximum Gasteiger partial charge on any atom is 0.266 e. The number of hydrogen-bond acceptors (Lipinski definition) is 4. The average molecular weight is 441 g/mol. The number of anilines is 1. The third-order valence-electron chi connectivity index (χ3n) is 4.65. The molecular weight excluding hydrogens is 412 g/mol. The van der Waals surface area contributed by atoms with E-state index >= 15 is 0 Å². The molecule has 0 saturated heterocycles. The predicted octanol–water partition coefficient (Wildman–Crippen LogP) is 6.55. The van der Waals surface area contributed by atoms with Crippen LogP contribution in [0.2, 0.25) is 5.02 Å². The first-order valence-corrected chi connectivity index (χ1v) is 11.0. The van der Waals surface area contributed by atoms with Crippen LogP contribution in [0.25, 0.3) is 6.08 Å². The quantitative estimate of drug-likeness (QED) is 0.244. The smallest absolute Gasteiger partial charge is 0.266 e. The Morgan fingerprint density at radius 1 is 1.16 bits per heavy atom. The standard InChI is InChI=1S/C25H29ClN2O3/c1-4-6-7-10-13-31-24-21(26)15-19(16-23(24)30-5-2)14-20(17-27)25(29)28-22-12-9-8-11-18(22)3/h8-9,11-12,14-16H,4-7,10,13H2,1-3H3,(H,28,29). The van der Waals surface area contributed by atoms with Crippen molar-refractivity contribution in [1.82, 2.24) is 0 Å². The van der Waals surface area contributed by atoms with Crippen molar-refractivity contribution in [3.8, 4) is 17.6 Å². The summed E-state index contributed by atoms with van der Waals surface area (Å²) in [5, 5.41) is 12.7. The number of hydrogen-bond donors (Lipinski definition) is 1. The first-order chi connectivity index (χ1) is 15.0. The topological polar surface area (TPSA) is 71.3 Å². The lowest BCUT2D eigenvalue weighted by Crippen LogP contribution is -2.14. The van der Waals surface area contributed by atoms with E-state index in [-0.39, 0.29) is 5.57 Å². The fraction of sp³-hybridized carbons (Fsp3) is 0.360.